The standard InChI is InChI=1S/C11H21NO3S/c1-16-7-4-10(12)11(13)15-8-9-2-5-14-6-3-9/h9-10H,2-8,12H2,1H3. The third-order valence-corrected chi connectivity index (χ3v) is 3.38. The first-order valence-electron chi connectivity index (χ1n) is 5.73. The summed E-state index contributed by atoms with van der Waals surface area (Å²) in [5, 5.41) is 0. The highest BCUT2D eigenvalue weighted by molar-refractivity contribution is 7.98. The van der Waals surface area contributed by atoms with Gasteiger partial charge in [0.15, 0.2) is 0 Å². The molecule has 2 N–H and O–H groups in total. The van der Waals surface area contributed by atoms with Crippen molar-refractivity contribution in [2.45, 2.75) is 25.3 Å². The Bertz CT molecular complexity index is 207. The lowest BCUT2D eigenvalue weighted by molar-refractivity contribution is -0.147. The number of thioether (sulfide) groups is 1. The molecule has 0 bridgehead atoms. The fourth-order valence-electron chi connectivity index (χ4n) is 1.58. The van der Waals surface area contributed by atoms with Gasteiger partial charge in [-0.05, 0) is 37.2 Å². The second kappa shape index (κ2) is 7.92. The zero-order valence-electron chi connectivity index (χ0n) is 9.81. The summed E-state index contributed by atoms with van der Waals surface area (Å²) in [7, 11) is 0. The SMILES string of the molecule is CSCCC(N)C(=O)OCC1CCOCC1. The predicted octanol–water partition coefficient (Wildman–Crippen LogP) is 1.04. The number of nitrogens with two attached hydrogens (primary N) is 1. The van der Waals surface area contributed by atoms with E-state index in [0.29, 0.717) is 18.9 Å². The van der Waals surface area contributed by atoms with E-state index in [9.17, 15) is 4.79 Å². The second-order valence-electron chi connectivity index (χ2n) is 4.07. The Labute approximate surface area is 101 Å². The minimum Gasteiger partial charge on any atom is -0.464 e. The quantitative estimate of drug-likeness (QED) is 0.711. The van der Waals surface area contributed by atoms with E-state index in [1.54, 1.807) is 11.8 Å². The van der Waals surface area contributed by atoms with Crippen LogP contribution in [0.4, 0.5) is 0 Å². The predicted molar refractivity (Wildman–Crippen MR) is 65.5 cm³/mol. The van der Waals surface area contributed by atoms with Crippen molar-refractivity contribution in [1.29, 1.82) is 0 Å². The molecule has 0 saturated carbocycles. The molecule has 16 heavy (non-hydrogen) atoms. The molecule has 0 amide bonds. The summed E-state index contributed by atoms with van der Waals surface area (Å²) in [6.07, 6.45) is 4.65. The summed E-state index contributed by atoms with van der Waals surface area (Å²) < 4.78 is 10.5. The lowest BCUT2D eigenvalue weighted by Crippen LogP contribution is -2.34. The summed E-state index contributed by atoms with van der Waals surface area (Å²) >= 11 is 1.69. The molecule has 0 aromatic heterocycles. The molecule has 4 nitrogen and oxygen atoms in total. The Morgan fingerprint density at radius 3 is 2.88 bits per heavy atom. The van der Waals surface area contributed by atoms with Crippen molar-refractivity contribution < 1.29 is 14.3 Å². The minimum absolute atomic E-state index is 0.263. The van der Waals surface area contributed by atoms with Gasteiger partial charge >= 0.3 is 5.97 Å². The van der Waals surface area contributed by atoms with Gasteiger partial charge in [-0.2, -0.15) is 11.8 Å². The van der Waals surface area contributed by atoms with Crippen molar-refractivity contribution in [3.8, 4) is 0 Å². The van der Waals surface area contributed by atoms with E-state index in [2.05, 4.69) is 0 Å². The molecule has 1 rings (SSSR count). The van der Waals surface area contributed by atoms with Crippen LogP contribution in [-0.2, 0) is 14.3 Å². The van der Waals surface area contributed by atoms with Gasteiger partial charge in [0.05, 0.1) is 6.61 Å². The zero-order chi connectivity index (χ0) is 11.8. The van der Waals surface area contributed by atoms with Gasteiger partial charge in [0.25, 0.3) is 0 Å². The molecule has 0 aliphatic carbocycles. The summed E-state index contributed by atoms with van der Waals surface area (Å²) in [4.78, 5) is 11.5. The van der Waals surface area contributed by atoms with E-state index in [1.165, 1.54) is 0 Å². The highest BCUT2D eigenvalue weighted by Crippen LogP contribution is 2.15. The van der Waals surface area contributed by atoms with Crippen LogP contribution in [-0.4, -0.2) is 43.8 Å². The van der Waals surface area contributed by atoms with E-state index in [1.807, 2.05) is 6.26 Å². The smallest absolute Gasteiger partial charge is 0.322 e. The molecule has 0 aromatic carbocycles. The van der Waals surface area contributed by atoms with Crippen LogP contribution in [0.3, 0.4) is 0 Å². The van der Waals surface area contributed by atoms with Crippen LogP contribution in [0.25, 0.3) is 0 Å². The zero-order valence-corrected chi connectivity index (χ0v) is 10.6. The summed E-state index contributed by atoms with van der Waals surface area (Å²) in [5.74, 6) is 1.08. The van der Waals surface area contributed by atoms with Crippen LogP contribution >= 0.6 is 11.8 Å². The number of hydrogen-bond donors (Lipinski definition) is 1. The fraction of sp³-hybridized carbons (Fsp3) is 0.909. The van der Waals surface area contributed by atoms with Crippen LogP contribution in [0.1, 0.15) is 19.3 Å². The summed E-state index contributed by atoms with van der Waals surface area (Å²) in [6, 6.07) is -0.465. The molecule has 1 heterocycles. The lowest BCUT2D eigenvalue weighted by atomic mass is 10.0. The number of ether oxygens (including phenoxy) is 2. The molecule has 94 valence electrons. The second-order valence-corrected chi connectivity index (χ2v) is 5.06. The largest absolute Gasteiger partial charge is 0.464 e. The van der Waals surface area contributed by atoms with E-state index < -0.39 is 6.04 Å². The van der Waals surface area contributed by atoms with Crippen molar-refractivity contribution in [3.05, 3.63) is 0 Å². The molecular weight excluding hydrogens is 226 g/mol. The van der Waals surface area contributed by atoms with E-state index in [-0.39, 0.29) is 5.97 Å². The molecular formula is C11H21NO3S. The van der Waals surface area contributed by atoms with Crippen molar-refractivity contribution in [3.63, 3.8) is 0 Å². The molecule has 1 aliphatic heterocycles. The van der Waals surface area contributed by atoms with Gasteiger partial charge in [-0.15, -0.1) is 0 Å². The molecule has 1 fully saturated rings. The Morgan fingerprint density at radius 2 is 2.25 bits per heavy atom. The Morgan fingerprint density at radius 1 is 1.56 bits per heavy atom. The first-order valence-corrected chi connectivity index (χ1v) is 7.12. The first kappa shape index (κ1) is 13.8. The van der Waals surface area contributed by atoms with Gasteiger partial charge in [0.2, 0.25) is 0 Å². The number of carbonyl (C=O) groups is 1. The van der Waals surface area contributed by atoms with Crippen molar-refractivity contribution in [2.75, 3.05) is 31.8 Å². The van der Waals surface area contributed by atoms with Gasteiger partial charge in [-0.1, -0.05) is 0 Å². The van der Waals surface area contributed by atoms with Crippen molar-refractivity contribution >= 4 is 17.7 Å². The van der Waals surface area contributed by atoms with Gasteiger partial charge in [0.1, 0.15) is 6.04 Å². The van der Waals surface area contributed by atoms with Crippen LogP contribution in [0.5, 0.6) is 0 Å². The van der Waals surface area contributed by atoms with Crippen LogP contribution < -0.4 is 5.73 Å². The van der Waals surface area contributed by atoms with E-state index in [4.69, 9.17) is 15.2 Å². The molecule has 1 unspecified atom stereocenters. The summed E-state index contributed by atoms with van der Waals surface area (Å²) in [5.41, 5.74) is 5.71. The minimum atomic E-state index is -0.465. The molecule has 1 atom stereocenters. The fourth-order valence-corrected chi connectivity index (χ4v) is 2.07. The Kier molecular flexibility index (Phi) is 6.84. The van der Waals surface area contributed by atoms with E-state index >= 15 is 0 Å². The monoisotopic (exact) mass is 247 g/mol. The number of esters is 1. The third kappa shape index (κ3) is 5.18. The maximum Gasteiger partial charge on any atom is 0.322 e. The average molecular weight is 247 g/mol. The van der Waals surface area contributed by atoms with Gasteiger partial charge in [-0.3, -0.25) is 4.79 Å². The molecule has 1 saturated heterocycles. The van der Waals surface area contributed by atoms with Crippen LogP contribution in [0, 0.1) is 5.92 Å². The number of hydrogen-bond acceptors (Lipinski definition) is 5. The van der Waals surface area contributed by atoms with Crippen molar-refractivity contribution in [2.24, 2.45) is 11.7 Å². The number of rotatable bonds is 6. The maximum absolute atomic E-state index is 11.5. The lowest BCUT2D eigenvalue weighted by Gasteiger charge is -2.22. The normalized spacial score (nSPS) is 19.4. The summed E-state index contributed by atoms with van der Waals surface area (Å²) in [6.45, 7) is 2.05. The molecule has 5 heteroatoms. The van der Waals surface area contributed by atoms with Gasteiger partial charge in [-0.25, -0.2) is 0 Å². The topological polar surface area (TPSA) is 61.6 Å². The first-order chi connectivity index (χ1) is 7.74. The molecule has 0 spiro atoms. The van der Waals surface area contributed by atoms with Crippen LogP contribution in [0.2, 0.25) is 0 Å². The van der Waals surface area contributed by atoms with Crippen molar-refractivity contribution in [1.82, 2.24) is 0 Å². The third-order valence-electron chi connectivity index (χ3n) is 2.74. The van der Waals surface area contributed by atoms with Gasteiger partial charge in [0, 0.05) is 13.2 Å². The maximum atomic E-state index is 11.5. The molecule has 0 aromatic rings. The highest BCUT2D eigenvalue weighted by Gasteiger charge is 2.19. The highest BCUT2D eigenvalue weighted by atomic mass is 32.2. The Hall–Kier alpha value is -0.260. The van der Waals surface area contributed by atoms with Crippen LogP contribution in [0.15, 0.2) is 0 Å². The molecule has 0 radical (unpaired) electrons. The Balaban J connectivity index is 2.12. The van der Waals surface area contributed by atoms with Gasteiger partial charge < -0.3 is 15.2 Å². The average Bonchev–Trinajstić information content (AvgIpc) is 2.34. The molecule has 1 aliphatic rings. The van der Waals surface area contributed by atoms with E-state index in [0.717, 1.165) is 31.8 Å². The number of carbonyl (C=O) groups excluding carboxylic acids is 1.